The van der Waals surface area contributed by atoms with Crippen molar-refractivity contribution in [2.24, 2.45) is 0 Å². The Morgan fingerprint density at radius 3 is 2.96 bits per heavy atom. The number of hydrogen-bond acceptors (Lipinski definition) is 6. The van der Waals surface area contributed by atoms with Crippen LogP contribution in [0.4, 0.5) is 0 Å². The SMILES string of the molecule is C[C@H](NC(=O)COC(=O)CCCC[C@@H]1CCSS1)c1cc2ccccc2o1. The highest BCUT2D eigenvalue weighted by molar-refractivity contribution is 8.77. The fraction of sp³-hybridized carbons (Fsp3) is 0.500. The summed E-state index contributed by atoms with van der Waals surface area (Å²) >= 11 is 0. The van der Waals surface area contributed by atoms with Crippen molar-refractivity contribution in [2.45, 2.75) is 50.3 Å². The number of carbonyl (C=O) groups excluding carboxylic acids is 2. The largest absolute Gasteiger partial charge is 0.459 e. The maximum absolute atomic E-state index is 12.0. The third kappa shape index (κ3) is 6.21. The van der Waals surface area contributed by atoms with Gasteiger partial charge in [-0.25, -0.2) is 0 Å². The molecule has 2 aromatic rings. The summed E-state index contributed by atoms with van der Waals surface area (Å²) in [6.07, 6.45) is 4.64. The van der Waals surface area contributed by atoms with Crippen LogP contribution in [0.3, 0.4) is 0 Å². The minimum Gasteiger partial charge on any atom is -0.459 e. The predicted octanol–water partition coefficient (Wildman–Crippen LogP) is 4.87. The molecular formula is C20H25NO4S2. The first-order valence-corrected chi connectivity index (χ1v) is 11.7. The molecule has 5 nitrogen and oxygen atoms in total. The van der Waals surface area contributed by atoms with Crippen molar-refractivity contribution < 1.29 is 18.7 Å². The molecule has 7 heteroatoms. The van der Waals surface area contributed by atoms with E-state index in [0.717, 1.165) is 35.5 Å². The molecule has 0 radical (unpaired) electrons. The Kier molecular flexibility index (Phi) is 7.52. The highest BCUT2D eigenvalue weighted by Crippen LogP contribution is 2.39. The van der Waals surface area contributed by atoms with Crippen molar-refractivity contribution in [3.05, 3.63) is 36.1 Å². The van der Waals surface area contributed by atoms with Gasteiger partial charge < -0.3 is 14.5 Å². The zero-order valence-electron chi connectivity index (χ0n) is 15.4. The van der Waals surface area contributed by atoms with E-state index < -0.39 is 0 Å². The van der Waals surface area contributed by atoms with Gasteiger partial charge in [-0.3, -0.25) is 9.59 Å². The monoisotopic (exact) mass is 407 g/mol. The lowest BCUT2D eigenvalue weighted by Gasteiger charge is -2.11. The molecule has 0 spiro atoms. The van der Waals surface area contributed by atoms with E-state index in [1.165, 1.54) is 12.2 Å². The molecule has 27 heavy (non-hydrogen) atoms. The molecule has 0 unspecified atom stereocenters. The topological polar surface area (TPSA) is 68.5 Å². The summed E-state index contributed by atoms with van der Waals surface area (Å²) in [5.74, 6) is 1.28. The van der Waals surface area contributed by atoms with Crippen LogP contribution in [0.5, 0.6) is 0 Å². The number of fused-ring (bicyclic) bond motifs is 1. The zero-order valence-corrected chi connectivity index (χ0v) is 17.1. The summed E-state index contributed by atoms with van der Waals surface area (Å²) in [5.41, 5.74) is 0.787. The standard InChI is InChI=1S/C20H25NO4S2/c1-14(18-12-15-6-2-4-8-17(15)25-18)21-19(22)13-24-20(23)9-5-3-7-16-10-11-26-27-16/h2,4,6,8,12,14,16H,3,5,7,9-11,13H2,1H3,(H,21,22)/t14-,16+/m0/s1. The van der Waals surface area contributed by atoms with Crippen LogP contribution in [0.1, 0.15) is 50.8 Å². The molecule has 0 aliphatic carbocycles. The van der Waals surface area contributed by atoms with Gasteiger partial charge in [-0.1, -0.05) is 46.2 Å². The molecule has 0 bridgehead atoms. The highest BCUT2D eigenvalue weighted by atomic mass is 33.1. The third-order valence-corrected chi connectivity index (χ3v) is 7.50. The number of benzene rings is 1. The maximum Gasteiger partial charge on any atom is 0.306 e. The average molecular weight is 408 g/mol. The van der Waals surface area contributed by atoms with Gasteiger partial charge in [-0.2, -0.15) is 0 Å². The zero-order chi connectivity index (χ0) is 19.1. The minimum atomic E-state index is -0.323. The van der Waals surface area contributed by atoms with Gasteiger partial charge >= 0.3 is 5.97 Å². The lowest BCUT2D eigenvalue weighted by atomic mass is 10.1. The van der Waals surface area contributed by atoms with Gasteiger partial charge in [-0.15, -0.1) is 0 Å². The molecule has 1 N–H and O–H groups in total. The van der Waals surface area contributed by atoms with E-state index in [9.17, 15) is 9.59 Å². The number of ether oxygens (including phenoxy) is 1. The normalized spacial score (nSPS) is 17.7. The van der Waals surface area contributed by atoms with E-state index in [2.05, 4.69) is 5.32 Å². The minimum absolute atomic E-state index is 0.251. The lowest BCUT2D eigenvalue weighted by molar-refractivity contribution is -0.148. The van der Waals surface area contributed by atoms with Crippen LogP contribution < -0.4 is 5.32 Å². The summed E-state index contributed by atoms with van der Waals surface area (Å²) in [6, 6.07) is 9.32. The molecule has 1 aliphatic heterocycles. The van der Waals surface area contributed by atoms with Gasteiger partial charge in [0.05, 0.1) is 6.04 Å². The fourth-order valence-electron chi connectivity index (χ4n) is 2.99. The summed E-state index contributed by atoms with van der Waals surface area (Å²) in [7, 11) is 3.90. The number of para-hydroxylation sites is 1. The number of rotatable bonds is 9. The van der Waals surface area contributed by atoms with Crippen molar-refractivity contribution in [1.82, 2.24) is 5.32 Å². The first kappa shape index (κ1) is 20.1. The molecule has 0 saturated carbocycles. The van der Waals surface area contributed by atoms with Crippen LogP contribution >= 0.6 is 21.6 Å². The van der Waals surface area contributed by atoms with Crippen LogP contribution in [0.2, 0.25) is 0 Å². The maximum atomic E-state index is 12.0. The number of esters is 1. The Hall–Kier alpha value is -1.60. The summed E-state index contributed by atoms with van der Waals surface area (Å²) in [5, 5.41) is 4.53. The Morgan fingerprint density at radius 1 is 1.33 bits per heavy atom. The van der Waals surface area contributed by atoms with Gasteiger partial charge in [0.2, 0.25) is 0 Å². The second-order valence-corrected chi connectivity index (χ2v) is 9.50. The molecule has 2 atom stereocenters. The van der Waals surface area contributed by atoms with Crippen LogP contribution in [0.25, 0.3) is 11.0 Å². The van der Waals surface area contributed by atoms with Crippen LogP contribution in [-0.4, -0.2) is 29.5 Å². The summed E-state index contributed by atoms with van der Waals surface area (Å²) in [6.45, 7) is 1.59. The van der Waals surface area contributed by atoms with E-state index in [1.807, 2.05) is 58.8 Å². The number of amides is 1. The Bertz CT molecular complexity index is 737. The van der Waals surface area contributed by atoms with Crippen molar-refractivity contribution in [2.75, 3.05) is 12.4 Å². The van der Waals surface area contributed by atoms with E-state index in [4.69, 9.17) is 9.15 Å². The molecule has 2 heterocycles. The van der Waals surface area contributed by atoms with Crippen molar-refractivity contribution in [3.8, 4) is 0 Å². The van der Waals surface area contributed by atoms with Gasteiger partial charge in [0.15, 0.2) is 6.61 Å². The second-order valence-electron chi connectivity index (χ2n) is 6.71. The lowest BCUT2D eigenvalue weighted by Crippen LogP contribution is -2.30. The fourth-order valence-corrected chi connectivity index (χ4v) is 6.02. The van der Waals surface area contributed by atoms with Crippen molar-refractivity contribution >= 4 is 44.4 Å². The third-order valence-electron chi connectivity index (χ3n) is 4.50. The van der Waals surface area contributed by atoms with Crippen LogP contribution in [0, 0.1) is 0 Å². The molecule has 1 aliphatic rings. The van der Waals surface area contributed by atoms with Crippen LogP contribution in [-0.2, 0) is 14.3 Å². The van der Waals surface area contributed by atoms with Crippen molar-refractivity contribution in [1.29, 1.82) is 0 Å². The molecule has 3 rings (SSSR count). The molecule has 1 amide bonds. The quantitative estimate of drug-likeness (QED) is 0.363. The number of nitrogens with one attached hydrogen (secondary N) is 1. The van der Waals surface area contributed by atoms with Gasteiger partial charge in [0.25, 0.3) is 5.91 Å². The number of carbonyl (C=O) groups is 2. The molecule has 1 saturated heterocycles. The van der Waals surface area contributed by atoms with Gasteiger partial charge in [0, 0.05) is 22.8 Å². The molecule has 1 aromatic carbocycles. The van der Waals surface area contributed by atoms with E-state index in [-0.39, 0.29) is 24.5 Å². The first-order chi connectivity index (χ1) is 13.1. The predicted molar refractivity (Wildman–Crippen MR) is 111 cm³/mol. The highest BCUT2D eigenvalue weighted by Gasteiger charge is 2.17. The van der Waals surface area contributed by atoms with Crippen molar-refractivity contribution in [3.63, 3.8) is 0 Å². The molecule has 1 fully saturated rings. The smallest absolute Gasteiger partial charge is 0.306 e. The first-order valence-electron chi connectivity index (χ1n) is 9.33. The van der Waals surface area contributed by atoms with E-state index >= 15 is 0 Å². The molecular weight excluding hydrogens is 382 g/mol. The molecule has 146 valence electrons. The number of hydrogen-bond donors (Lipinski definition) is 1. The van der Waals surface area contributed by atoms with Gasteiger partial charge in [-0.05, 0) is 38.3 Å². The second kappa shape index (κ2) is 10.1. The number of unbranched alkanes of at least 4 members (excludes halogenated alkanes) is 1. The Morgan fingerprint density at radius 2 is 2.19 bits per heavy atom. The van der Waals surface area contributed by atoms with Crippen LogP contribution in [0.15, 0.2) is 34.7 Å². The Balaban J connectivity index is 1.32. The summed E-state index contributed by atoms with van der Waals surface area (Å²) in [4.78, 5) is 23.8. The Labute approximate surface area is 167 Å². The van der Waals surface area contributed by atoms with E-state index in [1.54, 1.807) is 0 Å². The average Bonchev–Trinajstić information content (AvgIpc) is 3.32. The summed E-state index contributed by atoms with van der Waals surface area (Å²) < 4.78 is 10.8. The molecule has 1 aromatic heterocycles. The van der Waals surface area contributed by atoms with Gasteiger partial charge in [0.1, 0.15) is 11.3 Å². The number of furan rings is 1. The van der Waals surface area contributed by atoms with E-state index in [0.29, 0.717) is 12.2 Å².